The van der Waals surface area contributed by atoms with E-state index in [0.29, 0.717) is 6.61 Å². The summed E-state index contributed by atoms with van der Waals surface area (Å²) in [6.45, 7) is 6.79. The third kappa shape index (κ3) is 3.90. The molecule has 148 valence electrons. The molecule has 2 aromatic rings. The number of halogens is 1. The monoisotopic (exact) mass is 382 g/mol. The predicted molar refractivity (Wildman–Crippen MR) is 107 cm³/mol. The zero-order chi connectivity index (χ0) is 19.6. The number of hydrogen-bond donors (Lipinski definition) is 0. The van der Waals surface area contributed by atoms with Crippen LogP contribution in [0.3, 0.4) is 0 Å². The predicted octanol–water partition coefficient (Wildman–Crippen LogP) is 3.60. The minimum atomic E-state index is -0.412. The van der Waals surface area contributed by atoms with E-state index in [-0.39, 0.29) is 11.7 Å². The van der Waals surface area contributed by atoms with Gasteiger partial charge in [-0.3, -0.25) is 9.69 Å². The highest BCUT2D eigenvalue weighted by atomic mass is 19.1. The zero-order valence-corrected chi connectivity index (χ0v) is 16.4. The maximum absolute atomic E-state index is 13.2. The molecule has 2 aromatic carbocycles. The second-order valence-electron chi connectivity index (χ2n) is 7.73. The van der Waals surface area contributed by atoms with E-state index in [9.17, 15) is 9.18 Å². The highest BCUT2D eigenvalue weighted by Gasteiger charge is 2.53. The third-order valence-electron chi connectivity index (χ3n) is 5.86. The number of amides is 1. The molecule has 0 radical (unpaired) electrons. The van der Waals surface area contributed by atoms with Gasteiger partial charge in [0, 0.05) is 32.7 Å². The first-order chi connectivity index (χ1) is 13.6. The lowest BCUT2D eigenvalue weighted by atomic mass is 9.94. The average Bonchev–Trinajstić information content (AvgIpc) is 3.52. The SMILES string of the molecule is CCOc1ccc(CN2CCN(C(=O)C3(c4ccc(F)cc4)CC3)CC2)cc1. The molecule has 0 N–H and O–H groups in total. The second kappa shape index (κ2) is 7.92. The summed E-state index contributed by atoms with van der Waals surface area (Å²) < 4.78 is 18.7. The summed E-state index contributed by atoms with van der Waals surface area (Å²) in [5.74, 6) is 0.854. The maximum atomic E-state index is 13.2. The summed E-state index contributed by atoms with van der Waals surface area (Å²) in [6.07, 6.45) is 1.73. The number of piperazine rings is 1. The molecule has 1 aliphatic heterocycles. The van der Waals surface area contributed by atoms with Gasteiger partial charge in [-0.05, 0) is 55.2 Å². The molecule has 4 rings (SSSR count). The van der Waals surface area contributed by atoms with Crippen molar-refractivity contribution >= 4 is 5.91 Å². The molecule has 0 unspecified atom stereocenters. The van der Waals surface area contributed by atoms with Gasteiger partial charge in [0.1, 0.15) is 11.6 Å². The Labute approximate surface area is 165 Å². The molecule has 1 amide bonds. The van der Waals surface area contributed by atoms with Gasteiger partial charge < -0.3 is 9.64 Å². The van der Waals surface area contributed by atoms with E-state index in [2.05, 4.69) is 17.0 Å². The van der Waals surface area contributed by atoms with Crippen molar-refractivity contribution in [3.05, 3.63) is 65.5 Å². The molecular formula is C23H27FN2O2. The van der Waals surface area contributed by atoms with Gasteiger partial charge in [0.2, 0.25) is 5.91 Å². The number of hydrogen-bond acceptors (Lipinski definition) is 3. The van der Waals surface area contributed by atoms with Gasteiger partial charge in [-0.15, -0.1) is 0 Å². The first kappa shape index (κ1) is 18.9. The fourth-order valence-electron chi connectivity index (χ4n) is 4.05. The van der Waals surface area contributed by atoms with Crippen molar-refractivity contribution in [3.63, 3.8) is 0 Å². The summed E-state index contributed by atoms with van der Waals surface area (Å²) in [6, 6.07) is 14.7. The van der Waals surface area contributed by atoms with Crippen LogP contribution in [-0.2, 0) is 16.8 Å². The van der Waals surface area contributed by atoms with Crippen LogP contribution in [0.1, 0.15) is 30.9 Å². The molecule has 1 saturated heterocycles. The first-order valence-corrected chi connectivity index (χ1v) is 10.1. The summed E-state index contributed by atoms with van der Waals surface area (Å²) in [7, 11) is 0. The summed E-state index contributed by atoms with van der Waals surface area (Å²) >= 11 is 0. The Morgan fingerprint density at radius 2 is 1.64 bits per heavy atom. The minimum Gasteiger partial charge on any atom is -0.494 e. The molecule has 1 saturated carbocycles. The fourth-order valence-corrected chi connectivity index (χ4v) is 4.05. The number of carbonyl (C=O) groups is 1. The average molecular weight is 382 g/mol. The van der Waals surface area contributed by atoms with Crippen molar-refractivity contribution in [2.45, 2.75) is 31.7 Å². The minimum absolute atomic E-state index is 0.208. The third-order valence-corrected chi connectivity index (χ3v) is 5.86. The van der Waals surface area contributed by atoms with Crippen LogP contribution in [0.15, 0.2) is 48.5 Å². The van der Waals surface area contributed by atoms with Gasteiger partial charge in [-0.25, -0.2) is 4.39 Å². The van der Waals surface area contributed by atoms with Crippen LogP contribution in [0.4, 0.5) is 4.39 Å². The van der Waals surface area contributed by atoms with Crippen molar-refractivity contribution in [1.29, 1.82) is 0 Å². The van der Waals surface area contributed by atoms with Crippen LogP contribution >= 0.6 is 0 Å². The van der Waals surface area contributed by atoms with Crippen molar-refractivity contribution in [1.82, 2.24) is 9.80 Å². The van der Waals surface area contributed by atoms with E-state index in [1.165, 1.54) is 17.7 Å². The fraction of sp³-hybridized carbons (Fsp3) is 0.435. The Morgan fingerprint density at radius 3 is 2.21 bits per heavy atom. The van der Waals surface area contributed by atoms with Crippen molar-refractivity contribution in [2.75, 3.05) is 32.8 Å². The molecule has 4 nitrogen and oxygen atoms in total. The van der Waals surface area contributed by atoms with E-state index in [4.69, 9.17) is 4.74 Å². The lowest BCUT2D eigenvalue weighted by Crippen LogP contribution is -2.51. The van der Waals surface area contributed by atoms with Crippen LogP contribution in [0.5, 0.6) is 5.75 Å². The number of nitrogens with zero attached hydrogens (tertiary/aromatic N) is 2. The molecule has 2 fully saturated rings. The van der Waals surface area contributed by atoms with Gasteiger partial charge >= 0.3 is 0 Å². The van der Waals surface area contributed by atoms with Crippen molar-refractivity contribution < 1.29 is 13.9 Å². The Hall–Kier alpha value is -2.40. The number of benzene rings is 2. The first-order valence-electron chi connectivity index (χ1n) is 10.1. The van der Waals surface area contributed by atoms with Gasteiger partial charge in [0.15, 0.2) is 0 Å². The standard InChI is InChI=1S/C23H27FN2O2/c1-2-28-21-9-3-18(4-10-21)17-25-13-15-26(16-14-25)22(27)23(11-12-23)19-5-7-20(24)8-6-19/h3-10H,2,11-17H2,1H3. The Morgan fingerprint density at radius 1 is 1.00 bits per heavy atom. The number of carbonyl (C=O) groups excluding carboxylic acids is 1. The molecule has 1 heterocycles. The van der Waals surface area contributed by atoms with Crippen LogP contribution < -0.4 is 4.74 Å². The Kier molecular flexibility index (Phi) is 5.36. The van der Waals surface area contributed by atoms with E-state index < -0.39 is 5.41 Å². The molecule has 28 heavy (non-hydrogen) atoms. The molecule has 0 spiro atoms. The van der Waals surface area contributed by atoms with Crippen molar-refractivity contribution in [2.24, 2.45) is 0 Å². The molecule has 0 aromatic heterocycles. The van der Waals surface area contributed by atoms with E-state index in [1.54, 1.807) is 12.1 Å². The van der Waals surface area contributed by atoms with Crippen LogP contribution in [0, 0.1) is 5.82 Å². The summed E-state index contributed by atoms with van der Waals surface area (Å²) in [5, 5.41) is 0. The van der Waals surface area contributed by atoms with Gasteiger partial charge in [0.25, 0.3) is 0 Å². The van der Waals surface area contributed by atoms with E-state index in [0.717, 1.165) is 56.9 Å². The highest BCUT2D eigenvalue weighted by Crippen LogP contribution is 2.49. The molecule has 2 aliphatic rings. The van der Waals surface area contributed by atoms with Crippen LogP contribution in [0.2, 0.25) is 0 Å². The van der Waals surface area contributed by atoms with Crippen molar-refractivity contribution in [3.8, 4) is 5.75 Å². The quantitative estimate of drug-likeness (QED) is 0.765. The normalized spacial score (nSPS) is 18.7. The molecule has 0 bridgehead atoms. The van der Waals surface area contributed by atoms with E-state index in [1.807, 2.05) is 24.0 Å². The topological polar surface area (TPSA) is 32.8 Å². The molecule has 1 aliphatic carbocycles. The number of rotatable bonds is 6. The van der Waals surface area contributed by atoms with Crippen LogP contribution in [-0.4, -0.2) is 48.5 Å². The Bertz CT molecular complexity index is 808. The summed E-state index contributed by atoms with van der Waals surface area (Å²) in [4.78, 5) is 17.5. The lowest BCUT2D eigenvalue weighted by Gasteiger charge is -2.36. The summed E-state index contributed by atoms with van der Waals surface area (Å²) in [5.41, 5.74) is 1.80. The highest BCUT2D eigenvalue weighted by molar-refractivity contribution is 5.91. The second-order valence-corrected chi connectivity index (χ2v) is 7.73. The van der Waals surface area contributed by atoms with Crippen LogP contribution in [0.25, 0.3) is 0 Å². The zero-order valence-electron chi connectivity index (χ0n) is 16.4. The van der Waals surface area contributed by atoms with Gasteiger partial charge in [-0.1, -0.05) is 24.3 Å². The molecular weight excluding hydrogens is 355 g/mol. The largest absolute Gasteiger partial charge is 0.494 e. The molecule has 5 heteroatoms. The smallest absolute Gasteiger partial charge is 0.233 e. The lowest BCUT2D eigenvalue weighted by molar-refractivity contribution is -0.135. The Balaban J connectivity index is 1.32. The van der Waals surface area contributed by atoms with Gasteiger partial charge in [-0.2, -0.15) is 0 Å². The number of ether oxygens (including phenoxy) is 1. The van der Waals surface area contributed by atoms with Gasteiger partial charge in [0.05, 0.1) is 12.0 Å². The maximum Gasteiger partial charge on any atom is 0.233 e. The molecule has 0 atom stereocenters. The van der Waals surface area contributed by atoms with E-state index >= 15 is 0 Å².